The van der Waals surface area contributed by atoms with Gasteiger partial charge >= 0.3 is 6.03 Å². The number of amides is 4. The Labute approximate surface area is 158 Å². The summed E-state index contributed by atoms with van der Waals surface area (Å²) in [5.41, 5.74) is 0.983. The van der Waals surface area contributed by atoms with Crippen LogP contribution >= 0.6 is 0 Å². The maximum absolute atomic E-state index is 12.6. The fourth-order valence-corrected chi connectivity index (χ4v) is 4.37. The topological polar surface area (TPSA) is 94.6 Å². The van der Waals surface area contributed by atoms with Gasteiger partial charge in [0.25, 0.3) is 0 Å². The fraction of sp³-hybridized carbons (Fsp3) is 0.579. The molecule has 2 N–H and O–H groups in total. The standard InChI is InChI=1S/C19H25N5O3/c25-16-4-5-19(13-24(16)12-14-3-1-2-8-20-14)6-9-23(10-7-19)17(26)15-11-21-18(27)22-15/h1-3,8,15H,4-7,9-13H2,(H2,21,22,27)/t15-/m0/s1. The van der Waals surface area contributed by atoms with Gasteiger partial charge in [-0.2, -0.15) is 0 Å². The second-order valence-electron chi connectivity index (χ2n) is 7.80. The summed E-state index contributed by atoms with van der Waals surface area (Å²) in [5.74, 6) is 0.171. The van der Waals surface area contributed by atoms with Crippen LogP contribution < -0.4 is 10.6 Å². The number of aromatic nitrogens is 1. The van der Waals surface area contributed by atoms with E-state index in [1.807, 2.05) is 28.0 Å². The first-order valence-corrected chi connectivity index (χ1v) is 9.56. The predicted octanol–water partition coefficient (Wildman–Crippen LogP) is 0.494. The van der Waals surface area contributed by atoms with Crippen molar-refractivity contribution >= 4 is 17.8 Å². The van der Waals surface area contributed by atoms with Crippen LogP contribution in [0.15, 0.2) is 24.4 Å². The molecular formula is C19H25N5O3. The third kappa shape index (κ3) is 3.74. The van der Waals surface area contributed by atoms with Crippen molar-refractivity contribution in [3.8, 4) is 0 Å². The van der Waals surface area contributed by atoms with Crippen molar-refractivity contribution in [2.45, 2.75) is 38.3 Å². The van der Waals surface area contributed by atoms with E-state index in [0.29, 0.717) is 32.6 Å². The molecule has 3 aliphatic heterocycles. The molecule has 8 heteroatoms. The molecule has 3 saturated heterocycles. The molecule has 1 atom stereocenters. The van der Waals surface area contributed by atoms with Crippen LogP contribution in [-0.2, 0) is 16.1 Å². The van der Waals surface area contributed by atoms with Crippen LogP contribution in [0.5, 0.6) is 0 Å². The van der Waals surface area contributed by atoms with Crippen molar-refractivity contribution in [3.05, 3.63) is 30.1 Å². The number of carbonyl (C=O) groups is 3. The number of urea groups is 1. The van der Waals surface area contributed by atoms with Crippen molar-refractivity contribution < 1.29 is 14.4 Å². The highest BCUT2D eigenvalue weighted by atomic mass is 16.2. The van der Waals surface area contributed by atoms with E-state index in [0.717, 1.165) is 31.5 Å². The van der Waals surface area contributed by atoms with Gasteiger partial charge in [0.2, 0.25) is 11.8 Å². The molecule has 0 bridgehead atoms. The van der Waals surface area contributed by atoms with Gasteiger partial charge in [0, 0.05) is 38.8 Å². The molecule has 0 aromatic carbocycles. The molecule has 8 nitrogen and oxygen atoms in total. The largest absolute Gasteiger partial charge is 0.341 e. The highest BCUT2D eigenvalue weighted by Gasteiger charge is 2.43. The molecule has 0 unspecified atom stereocenters. The monoisotopic (exact) mass is 371 g/mol. The minimum atomic E-state index is -0.458. The Hall–Kier alpha value is -2.64. The quantitative estimate of drug-likeness (QED) is 0.809. The van der Waals surface area contributed by atoms with Crippen LogP contribution in [0.4, 0.5) is 4.79 Å². The minimum absolute atomic E-state index is 0.0135. The summed E-state index contributed by atoms with van der Waals surface area (Å²) in [6, 6.07) is 5.02. The van der Waals surface area contributed by atoms with Crippen LogP contribution in [0.3, 0.4) is 0 Å². The zero-order chi connectivity index (χ0) is 18.9. The van der Waals surface area contributed by atoms with Gasteiger partial charge in [-0.3, -0.25) is 14.6 Å². The first kappa shape index (κ1) is 17.8. The maximum atomic E-state index is 12.6. The van der Waals surface area contributed by atoms with E-state index in [1.165, 1.54) is 0 Å². The number of carbonyl (C=O) groups excluding carboxylic acids is 3. The Kier molecular flexibility index (Phi) is 4.72. The third-order valence-electron chi connectivity index (χ3n) is 6.03. The first-order chi connectivity index (χ1) is 13.0. The summed E-state index contributed by atoms with van der Waals surface area (Å²) in [4.78, 5) is 44.3. The highest BCUT2D eigenvalue weighted by molar-refractivity contribution is 5.90. The van der Waals surface area contributed by atoms with Crippen molar-refractivity contribution in [3.63, 3.8) is 0 Å². The van der Waals surface area contributed by atoms with E-state index in [9.17, 15) is 14.4 Å². The second-order valence-corrected chi connectivity index (χ2v) is 7.80. The number of rotatable bonds is 3. The molecule has 3 aliphatic rings. The van der Waals surface area contributed by atoms with E-state index >= 15 is 0 Å². The number of likely N-dealkylation sites (tertiary alicyclic amines) is 2. The van der Waals surface area contributed by atoms with Gasteiger partial charge in [-0.1, -0.05) is 6.07 Å². The molecule has 4 amide bonds. The Balaban J connectivity index is 1.36. The zero-order valence-electron chi connectivity index (χ0n) is 15.3. The summed E-state index contributed by atoms with van der Waals surface area (Å²) in [6.07, 6.45) is 4.97. The molecule has 1 spiro atoms. The highest BCUT2D eigenvalue weighted by Crippen LogP contribution is 2.40. The number of hydrogen-bond acceptors (Lipinski definition) is 4. The lowest BCUT2D eigenvalue weighted by Crippen LogP contribution is -2.54. The molecule has 4 rings (SSSR count). The van der Waals surface area contributed by atoms with Gasteiger partial charge in [0.1, 0.15) is 6.04 Å². The third-order valence-corrected chi connectivity index (χ3v) is 6.03. The number of nitrogens with one attached hydrogen (secondary N) is 2. The molecule has 0 aliphatic carbocycles. The number of pyridine rings is 1. The molecule has 144 valence electrons. The summed E-state index contributed by atoms with van der Waals surface area (Å²) in [7, 11) is 0. The van der Waals surface area contributed by atoms with Crippen molar-refractivity contribution in [1.82, 2.24) is 25.4 Å². The van der Waals surface area contributed by atoms with Crippen LogP contribution in [0, 0.1) is 5.41 Å². The van der Waals surface area contributed by atoms with Crippen LogP contribution in [0.1, 0.15) is 31.4 Å². The molecule has 1 aromatic heterocycles. The summed E-state index contributed by atoms with van der Waals surface area (Å²) < 4.78 is 0. The van der Waals surface area contributed by atoms with Gasteiger partial charge in [-0.15, -0.1) is 0 Å². The van der Waals surface area contributed by atoms with Crippen molar-refractivity contribution in [2.24, 2.45) is 5.41 Å². The Morgan fingerprint density at radius 3 is 2.70 bits per heavy atom. The van der Waals surface area contributed by atoms with E-state index in [1.54, 1.807) is 6.20 Å². The average molecular weight is 371 g/mol. The summed E-state index contributed by atoms with van der Waals surface area (Å²) in [5, 5.41) is 5.29. The lowest BCUT2D eigenvalue weighted by atomic mass is 9.72. The first-order valence-electron chi connectivity index (χ1n) is 9.56. The zero-order valence-corrected chi connectivity index (χ0v) is 15.3. The van der Waals surface area contributed by atoms with Crippen LogP contribution in [0.2, 0.25) is 0 Å². The second kappa shape index (κ2) is 7.17. The molecule has 0 saturated carbocycles. The van der Waals surface area contributed by atoms with Gasteiger partial charge in [-0.25, -0.2) is 4.79 Å². The number of nitrogens with zero attached hydrogens (tertiary/aromatic N) is 3. The van der Waals surface area contributed by atoms with Gasteiger partial charge < -0.3 is 20.4 Å². The lowest BCUT2D eigenvalue weighted by molar-refractivity contribution is -0.143. The van der Waals surface area contributed by atoms with Crippen molar-refractivity contribution in [1.29, 1.82) is 0 Å². The minimum Gasteiger partial charge on any atom is -0.341 e. The number of piperidine rings is 2. The van der Waals surface area contributed by atoms with E-state index in [-0.39, 0.29) is 23.3 Å². The normalized spacial score (nSPS) is 24.7. The predicted molar refractivity (Wildman–Crippen MR) is 97.5 cm³/mol. The summed E-state index contributed by atoms with van der Waals surface area (Å²) >= 11 is 0. The molecule has 1 aromatic rings. The molecular weight excluding hydrogens is 346 g/mol. The lowest BCUT2D eigenvalue weighted by Gasteiger charge is -2.47. The smallest absolute Gasteiger partial charge is 0.315 e. The Morgan fingerprint density at radius 2 is 2.04 bits per heavy atom. The van der Waals surface area contributed by atoms with E-state index in [2.05, 4.69) is 15.6 Å². The Bertz CT molecular complexity index is 730. The average Bonchev–Trinajstić information content (AvgIpc) is 3.12. The van der Waals surface area contributed by atoms with Crippen molar-refractivity contribution in [2.75, 3.05) is 26.2 Å². The molecule has 0 radical (unpaired) electrons. The molecule has 3 fully saturated rings. The Morgan fingerprint density at radius 1 is 1.22 bits per heavy atom. The molecule has 27 heavy (non-hydrogen) atoms. The van der Waals surface area contributed by atoms with Gasteiger partial charge in [0.05, 0.1) is 12.2 Å². The van der Waals surface area contributed by atoms with Gasteiger partial charge in [-0.05, 0) is 36.8 Å². The maximum Gasteiger partial charge on any atom is 0.315 e. The van der Waals surface area contributed by atoms with Crippen LogP contribution in [-0.4, -0.2) is 64.9 Å². The van der Waals surface area contributed by atoms with E-state index in [4.69, 9.17) is 0 Å². The van der Waals surface area contributed by atoms with E-state index < -0.39 is 6.04 Å². The fourth-order valence-electron chi connectivity index (χ4n) is 4.37. The SMILES string of the molecule is O=C1NC[C@@H](C(=O)N2CCC3(CCC(=O)N(Cc4ccccn4)C3)CC2)N1. The number of hydrogen-bond donors (Lipinski definition) is 2. The molecule has 4 heterocycles. The van der Waals surface area contributed by atoms with Gasteiger partial charge in [0.15, 0.2) is 0 Å². The summed E-state index contributed by atoms with van der Waals surface area (Å²) in [6.45, 7) is 2.98. The van der Waals surface area contributed by atoms with Crippen LogP contribution in [0.25, 0.3) is 0 Å².